The molecule has 3 rings (SSSR count). The van der Waals surface area contributed by atoms with Crippen LogP contribution in [0.15, 0.2) is 54.9 Å². The van der Waals surface area contributed by atoms with Crippen LogP contribution in [-0.4, -0.2) is 46.9 Å². The number of benzene rings is 1. The Labute approximate surface area is 137 Å². The minimum Gasteiger partial charge on any atom is -0.336 e. The summed E-state index contributed by atoms with van der Waals surface area (Å²) < 4.78 is 0. The lowest BCUT2D eigenvalue weighted by Gasteiger charge is -2.34. The molecule has 1 aromatic carbocycles. The Balaban J connectivity index is 0.00000176. The average molecular weight is 318 g/mol. The van der Waals surface area contributed by atoms with Crippen LogP contribution in [-0.2, 0) is 6.54 Å². The molecule has 1 aliphatic rings. The molecule has 0 atom stereocenters. The number of pyridine rings is 1. The summed E-state index contributed by atoms with van der Waals surface area (Å²) in [7, 11) is 0. The molecule has 0 unspecified atom stereocenters. The second kappa shape index (κ2) is 7.92. The standard InChI is InChI=1S/C17H19N3O.ClH/c21-17(16-4-2-1-3-5-16)20-12-10-19(11-13-20)14-15-6-8-18-9-7-15;/h1-9H,10-14H2;1H. The molecule has 116 valence electrons. The Morgan fingerprint density at radius 1 is 0.955 bits per heavy atom. The van der Waals surface area contributed by atoms with Gasteiger partial charge < -0.3 is 4.90 Å². The molecular formula is C17H20ClN3O. The van der Waals surface area contributed by atoms with Gasteiger partial charge in [-0.15, -0.1) is 12.4 Å². The summed E-state index contributed by atoms with van der Waals surface area (Å²) in [5.74, 6) is 0.138. The van der Waals surface area contributed by atoms with Crippen molar-refractivity contribution in [3.63, 3.8) is 0 Å². The topological polar surface area (TPSA) is 36.4 Å². The fourth-order valence-electron chi connectivity index (χ4n) is 2.62. The van der Waals surface area contributed by atoms with Gasteiger partial charge in [-0.1, -0.05) is 18.2 Å². The summed E-state index contributed by atoms with van der Waals surface area (Å²) >= 11 is 0. The smallest absolute Gasteiger partial charge is 0.253 e. The Morgan fingerprint density at radius 3 is 2.23 bits per heavy atom. The van der Waals surface area contributed by atoms with Crippen LogP contribution >= 0.6 is 12.4 Å². The van der Waals surface area contributed by atoms with E-state index in [4.69, 9.17) is 0 Å². The van der Waals surface area contributed by atoms with Crippen LogP contribution < -0.4 is 0 Å². The Morgan fingerprint density at radius 2 is 1.59 bits per heavy atom. The Hall–Kier alpha value is -1.91. The van der Waals surface area contributed by atoms with Gasteiger partial charge in [0, 0.05) is 50.7 Å². The number of amides is 1. The number of carbonyl (C=O) groups is 1. The van der Waals surface area contributed by atoms with Gasteiger partial charge in [-0.3, -0.25) is 14.7 Å². The summed E-state index contributed by atoms with van der Waals surface area (Å²) in [6.45, 7) is 4.34. The van der Waals surface area contributed by atoms with Crippen LogP contribution in [0.4, 0.5) is 0 Å². The molecule has 22 heavy (non-hydrogen) atoms. The third kappa shape index (κ3) is 4.06. The van der Waals surface area contributed by atoms with E-state index in [1.165, 1.54) is 5.56 Å². The molecule has 1 saturated heterocycles. The third-order valence-electron chi connectivity index (χ3n) is 3.84. The SMILES string of the molecule is Cl.O=C(c1ccccc1)N1CCN(Cc2ccncc2)CC1. The summed E-state index contributed by atoms with van der Waals surface area (Å²) in [6.07, 6.45) is 3.65. The first kappa shape index (κ1) is 16.5. The summed E-state index contributed by atoms with van der Waals surface area (Å²) in [4.78, 5) is 20.7. The molecule has 0 saturated carbocycles. The van der Waals surface area contributed by atoms with Crippen molar-refractivity contribution in [3.8, 4) is 0 Å². The summed E-state index contributed by atoms with van der Waals surface area (Å²) in [6, 6.07) is 13.6. The highest BCUT2D eigenvalue weighted by Crippen LogP contribution is 2.11. The molecule has 4 nitrogen and oxygen atoms in total. The van der Waals surface area contributed by atoms with Gasteiger partial charge in [0.15, 0.2) is 0 Å². The van der Waals surface area contributed by atoms with E-state index < -0.39 is 0 Å². The fourth-order valence-corrected chi connectivity index (χ4v) is 2.62. The monoisotopic (exact) mass is 317 g/mol. The Kier molecular flexibility index (Phi) is 5.92. The number of halogens is 1. The minimum absolute atomic E-state index is 0. The fraction of sp³-hybridized carbons (Fsp3) is 0.294. The Bertz CT molecular complexity index is 583. The largest absolute Gasteiger partial charge is 0.336 e. The van der Waals surface area contributed by atoms with Crippen LogP contribution in [0.3, 0.4) is 0 Å². The summed E-state index contributed by atoms with van der Waals surface area (Å²) in [5.41, 5.74) is 2.05. The molecule has 2 aromatic rings. The van der Waals surface area contributed by atoms with Crippen molar-refractivity contribution >= 4 is 18.3 Å². The molecule has 0 aliphatic carbocycles. The van der Waals surface area contributed by atoms with E-state index in [-0.39, 0.29) is 18.3 Å². The van der Waals surface area contributed by atoms with E-state index in [9.17, 15) is 4.79 Å². The van der Waals surface area contributed by atoms with Crippen molar-refractivity contribution in [2.75, 3.05) is 26.2 Å². The lowest BCUT2D eigenvalue weighted by Crippen LogP contribution is -2.48. The molecule has 0 bridgehead atoms. The van der Waals surface area contributed by atoms with Gasteiger partial charge in [-0.2, -0.15) is 0 Å². The number of hydrogen-bond acceptors (Lipinski definition) is 3. The van der Waals surface area contributed by atoms with Crippen LogP contribution in [0.2, 0.25) is 0 Å². The number of rotatable bonds is 3. The lowest BCUT2D eigenvalue weighted by atomic mass is 10.1. The number of carbonyl (C=O) groups excluding carboxylic acids is 1. The molecule has 0 spiro atoms. The molecule has 1 fully saturated rings. The molecule has 5 heteroatoms. The van der Waals surface area contributed by atoms with Crippen molar-refractivity contribution < 1.29 is 4.79 Å². The second-order valence-corrected chi connectivity index (χ2v) is 5.29. The molecule has 2 heterocycles. The summed E-state index contributed by atoms with van der Waals surface area (Å²) in [5, 5.41) is 0. The predicted molar refractivity (Wildman–Crippen MR) is 89.1 cm³/mol. The van der Waals surface area contributed by atoms with Gasteiger partial charge in [-0.25, -0.2) is 0 Å². The molecule has 0 N–H and O–H groups in total. The van der Waals surface area contributed by atoms with E-state index in [1.807, 2.05) is 59.8 Å². The predicted octanol–water partition coefficient (Wildman–Crippen LogP) is 2.46. The first-order valence-corrected chi connectivity index (χ1v) is 7.28. The highest BCUT2D eigenvalue weighted by molar-refractivity contribution is 5.94. The van der Waals surface area contributed by atoms with Crippen LogP contribution in [0.25, 0.3) is 0 Å². The normalized spacial score (nSPS) is 15.2. The molecule has 0 radical (unpaired) electrons. The van der Waals surface area contributed by atoms with Crippen molar-refractivity contribution in [1.29, 1.82) is 0 Å². The van der Waals surface area contributed by atoms with Crippen molar-refractivity contribution in [2.45, 2.75) is 6.54 Å². The molecule has 1 aliphatic heterocycles. The van der Waals surface area contributed by atoms with Gasteiger partial charge >= 0.3 is 0 Å². The van der Waals surface area contributed by atoms with E-state index in [2.05, 4.69) is 9.88 Å². The van der Waals surface area contributed by atoms with Gasteiger partial charge in [0.2, 0.25) is 0 Å². The molecule has 1 amide bonds. The average Bonchev–Trinajstić information content (AvgIpc) is 2.57. The molecule has 1 aromatic heterocycles. The van der Waals surface area contributed by atoms with Gasteiger partial charge in [0.25, 0.3) is 5.91 Å². The van der Waals surface area contributed by atoms with Crippen molar-refractivity contribution in [1.82, 2.24) is 14.8 Å². The van der Waals surface area contributed by atoms with Gasteiger partial charge in [0.05, 0.1) is 0 Å². The van der Waals surface area contributed by atoms with Gasteiger partial charge in [0.1, 0.15) is 0 Å². The highest BCUT2D eigenvalue weighted by Gasteiger charge is 2.21. The first-order valence-electron chi connectivity index (χ1n) is 7.28. The van der Waals surface area contributed by atoms with E-state index in [0.717, 1.165) is 38.3 Å². The maximum atomic E-state index is 12.4. The number of hydrogen-bond donors (Lipinski definition) is 0. The number of piperazine rings is 1. The van der Waals surface area contributed by atoms with Crippen molar-refractivity contribution in [3.05, 3.63) is 66.0 Å². The van der Waals surface area contributed by atoms with Crippen molar-refractivity contribution in [2.24, 2.45) is 0 Å². The van der Waals surface area contributed by atoms with Crippen LogP contribution in [0.1, 0.15) is 15.9 Å². The number of aromatic nitrogens is 1. The van der Waals surface area contributed by atoms with Crippen LogP contribution in [0.5, 0.6) is 0 Å². The second-order valence-electron chi connectivity index (χ2n) is 5.29. The number of nitrogens with zero attached hydrogens (tertiary/aromatic N) is 3. The maximum Gasteiger partial charge on any atom is 0.253 e. The third-order valence-corrected chi connectivity index (χ3v) is 3.84. The zero-order chi connectivity index (χ0) is 14.5. The van der Waals surface area contributed by atoms with E-state index in [0.29, 0.717) is 0 Å². The minimum atomic E-state index is 0. The quantitative estimate of drug-likeness (QED) is 0.872. The zero-order valence-electron chi connectivity index (χ0n) is 12.4. The highest BCUT2D eigenvalue weighted by atomic mass is 35.5. The lowest BCUT2D eigenvalue weighted by molar-refractivity contribution is 0.0628. The van der Waals surface area contributed by atoms with Crippen LogP contribution in [0, 0.1) is 0 Å². The van der Waals surface area contributed by atoms with Gasteiger partial charge in [-0.05, 0) is 29.8 Å². The van der Waals surface area contributed by atoms with E-state index in [1.54, 1.807) is 0 Å². The maximum absolute atomic E-state index is 12.4. The molecular weight excluding hydrogens is 298 g/mol. The zero-order valence-corrected chi connectivity index (χ0v) is 13.2. The van der Waals surface area contributed by atoms with E-state index >= 15 is 0 Å². The first-order chi connectivity index (χ1) is 10.3.